The number of H-pyrrole nitrogens is 1. The number of halogens is 2. The Hall–Kier alpha value is -1.20. The fourth-order valence-corrected chi connectivity index (χ4v) is 1.83. The smallest absolute Gasteiger partial charge is 0.127 e. The van der Waals surface area contributed by atoms with Gasteiger partial charge in [0.25, 0.3) is 0 Å². The topological polar surface area (TPSA) is 54.7 Å². The number of aromatic nitrogens is 2. The third-order valence-electron chi connectivity index (χ3n) is 2.33. The van der Waals surface area contributed by atoms with Crippen LogP contribution in [0.5, 0.6) is 0 Å². The first-order valence-corrected chi connectivity index (χ1v) is 5.65. The van der Waals surface area contributed by atoms with Crippen molar-refractivity contribution >= 4 is 15.9 Å². The third kappa shape index (κ3) is 2.48. The summed E-state index contributed by atoms with van der Waals surface area (Å²) in [5.41, 5.74) is 6.50. The van der Waals surface area contributed by atoms with Crippen LogP contribution in [0.2, 0.25) is 0 Å². The van der Waals surface area contributed by atoms with Crippen LogP contribution >= 0.6 is 15.9 Å². The van der Waals surface area contributed by atoms with Crippen LogP contribution in [0.15, 0.2) is 35.1 Å². The molecule has 0 amide bonds. The Kier molecular flexibility index (Phi) is 3.36. The van der Waals surface area contributed by atoms with E-state index in [-0.39, 0.29) is 11.9 Å². The molecular weight excluding hydrogens is 273 g/mol. The van der Waals surface area contributed by atoms with E-state index in [0.717, 1.165) is 4.47 Å². The van der Waals surface area contributed by atoms with E-state index in [0.29, 0.717) is 17.8 Å². The molecule has 2 aromatic rings. The van der Waals surface area contributed by atoms with Crippen molar-refractivity contribution in [2.24, 2.45) is 5.73 Å². The summed E-state index contributed by atoms with van der Waals surface area (Å²) in [7, 11) is 0. The Morgan fingerprint density at radius 1 is 1.50 bits per heavy atom. The van der Waals surface area contributed by atoms with E-state index in [2.05, 4.69) is 25.9 Å². The van der Waals surface area contributed by atoms with Crippen molar-refractivity contribution in [3.63, 3.8) is 0 Å². The van der Waals surface area contributed by atoms with E-state index in [1.54, 1.807) is 24.5 Å². The van der Waals surface area contributed by atoms with Crippen molar-refractivity contribution in [1.82, 2.24) is 9.97 Å². The monoisotopic (exact) mass is 283 g/mol. The maximum atomic E-state index is 13.5. The minimum absolute atomic E-state index is 0.253. The number of hydrogen-bond acceptors (Lipinski definition) is 2. The number of rotatable bonds is 3. The number of hydrogen-bond donors (Lipinski definition) is 2. The molecule has 0 spiro atoms. The molecule has 1 unspecified atom stereocenters. The Morgan fingerprint density at radius 3 is 2.94 bits per heavy atom. The molecule has 2 rings (SSSR count). The molecule has 16 heavy (non-hydrogen) atoms. The molecule has 1 aromatic carbocycles. The molecule has 84 valence electrons. The number of nitrogens with zero attached hydrogens (tertiary/aromatic N) is 1. The zero-order valence-corrected chi connectivity index (χ0v) is 10.0. The highest BCUT2D eigenvalue weighted by Crippen LogP contribution is 2.19. The second-order valence-corrected chi connectivity index (χ2v) is 4.44. The van der Waals surface area contributed by atoms with Crippen LogP contribution in [-0.4, -0.2) is 9.97 Å². The summed E-state index contributed by atoms with van der Waals surface area (Å²) in [6.45, 7) is 0. The Morgan fingerprint density at radius 2 is 2.31 bits per heavy atom. The fourth-order valence-electron chi connectivity index (χ4n) is 1.50. The first-order valence-electron chi connectivity index (χ1n) is 4.85. The Labute approximate surface area is 101 Å². The molecule has 0 fully saturated rings. The van der Waals surface area contributed by atoms with Crippen LogP contribution in [0.1, 0.15) is 17.4 Å². The van der Waals surface area contributed by atoms with E-state index in [1.165, 1.54) is 6.07 Å². The van der Waals surface area contributed by atoms with Crippen molar-refractivity contribution in [2.75, 3.05) is 0 Å². The first kappa shape index (κ1) is 11.3. The van der Waals surface area contributed by atoms with Gasteiger partial charge < -0.3 is 10.7 Å². The van der Waals surface area contributed by atoms with E-state index >= 15 is 0 Å². The highest BCUT2D eigenvalue weighted by molar-refractivity contribution is 9.10. The Bertz CT molecular complexity index is 470. The number of nitrogens with two attached hydrogens (primary N) is 1. The van der Waals surface area contributed by atoms with Crippen LogP contribution in [-0.2, 0) is 6.42 Å². The molecule has 0 saturated carbocycles. The zero-order chi connectivity index (χ0) is 11.5. The molecule has 1 aromatic heterocycles. The molecule has 3 N–H and O–H groups in total. The lowest BCUT2D eigenvalue weighted by molar-refractivity contribution is 0.585. The second kappa shape index (κ2) is 4.76. The van der Waals surface area contributed by atoms with Crippen LogP contribution in [0.25, 0.3) is 0 Å². The van der Waals surface area contributed by atoms with Gasteiger partial charge in [0, 0.05) is 16.9 Å². The van der Waals surface area contributed by atoms with Gasteiger partial charge in [0.1, 0.15) is 11.6 Å². The van der Waals surface area contributed by atoms with Gasteiger partial charge in [0.05, 0.1) is 6.04 Å². The lowest BCUT2D eigenvalue weighted by atomic mass is 10.1. The number of imidazole rings is 1. The molecule has 1 heterocycles. The summed E-state index contributed by atoms with van der Waals surface area (Å²) >= 11 is 3.21. The van der Waals surface area contributed by atoms with Gasteiger partial charge in [0.2, 0.25) is 0 Å². The van der Waals surface area contributed by atoms with Crippen molar-refractivity contribution in [2.45, 2.75) is 12.5 Å². The van der Waals surface area contributed by atoms with Gasteiger partial charge in [-0.25, -0.2) is 9.37 Å². The molecular formula is C11H11BrFN3. The van der Waals surface area contributed by atoms with Gasteiger partial charge in [-0.05, 0) is 24.1 Å². The summed E-state index contributed by atoms with van der Waals surface area (Å²) in [5, 5.41) is 0. The quantitative estimate of drug-likeness (QED) is 0.910. The third-order valence-corrected chi connectivity index (χ3v) is 2.82. The number of aromatic amines is 1. The second-order valence-electron chi connectivity index (χ2n) is 3.52. The highest BCUT2D eigenvalue weighted by atomic mass is 79.9. The predicted molar refractivity (Wildman–Crippen MR) is 63.3 cm³/mol. The van der Waals surface area contributed by atoms with E-state index < -0.39 is 0 Å². The fraction of sp³-hybridized carbons (Fsp3) is 0.182. The van der Waals surface area contributed by atoms with Gasteiger partial charge in [-0.2, -0.15) is 0 Å². The summed E-state index contributed by atoms with van der Waals surface area (Å²) in [4.78, 5) is 6.97. The molecule has 1 atom stereocenters. The molecule has 3 nitrogen and oxygen atoms in total. The molecule has 0 bridgehead atoms. The molecule has 0 aliphatic heterocycles. The summed E-state index contributed by atoms with van der Waals surface area (Å²) < 4.78 is 14.3. The first-order chi connectivity index (χ1) is 7.66. The number of benzene rings is 1. The lowest BCUT2D eigenvalue weighted by Crippen LogP contribution is -2.15. The van der Waals surface area contributed by atoms with Gasteiger partial charge in [-0.1, -0.05) is 22.0 Å². The van der Waals surface area contributed by atoms with Crippen molar-refractivity contribution in [1.29, 1.82) is 0 Å². The van der Waals surface area contributed by atoms with Gasteiger partial charge in [0.15, 0.2) is 0 Å². The maximum Gasteiger partial charge on any atom is 0.127 e. The summed E-state index contributed by atoms with van der Waals surface area (Å²) in [6, 6.07) is 4.64. The van der Waals surface area contributed by atoms with Crippen LogP contribution in [0.4, 0.5) is 4.39 Å². The van der Waals surface area contributed by atoms with Crippen LogP contribution < -0.4 is 5.73 Å². The van der Waals surface area contributed by atoms with Crippen molar-refractivity contribution < 1.29 is 4.39 Å². The molecule has 0 radical (unpaired) electrons. The summed E-state index contributed by atoms with van der Waals surface area (Å²) in [6.07, 6.45) is 3.76. The van der Waals surface area contributed by atoms with Crippen molar-refractivity contribution in [3.05, 3.63) is 52.3 Å². The zero-order valence-electron chi connectivity index (χ0n) is 8.45. The van der Waals surface area contributed by atoms with Gasteiger partial charge in [-0.3, -0.25) is 0 Å². The normalized spacial score (nSPS) is 12.7. The standard InChI is InChI=1S/C11H11BrFN3/c12-8-2-1-7(9(13)6-8)5-10(14)11-15-3-4-16-11/h1-4,6,10H,5,14H2,(H,15,16). The largest absolute Gasteiger partial charge is 0.347 e. The molecule has 5 heteroatoms. The molecule has 0 saturated heterocycles. The summed E-state index contributed by atoms with van der Waals surface area (Å²) in [5.74, 6) is 0.415. The Balaban J connectivity index is 2.15. The molecule has 0 aliphatic carbocycles. The van der Waals surface area contributed by atoms with Crippen LogP contribution in [0.3, 0.4) is 0 Å². The van der Waals surface area contributed by atoms with E-state index in [1.807, 2.05) is 0 Å². The SMILES string of the molecule is NC(Cc1ccc(Br)cc1F)c1ncc[nH]1. The highest BCUT2D eigenvalue weighted by Gasteiger charge is 2.12. The van der Waals surface area contributed by atoms with Gasteiger partial charge >= 0.3 is 0 Å². The van der Waals surface area contributed by atoms with Crippen molar-refractivity contribution in [3.8, 4) is 0 Å². The average molecular weight is 284 g/mol. The minimum Gasteiger partial charge on any atom is -0.347 e. The van der Waals surface area contributed by atoms with Crippen LogP contribution in [0, 0.1) is 5.82 Å². The van der Waals surface area contributed by atoms with E-state index in [9.17, 15) is 4.39 Å². The van der Waals surface area contributed by atoms with E-state index in [4.69, 9.17) is 5.73 Å². The number of nitrogens with one attached hydrogen (secondary N) is 1. The van der Waals surface area contributed by atoms with Gasteiger partial charge in [-0.15, -0.1) is 0 Å². The predicted octanol–water partition coefficient (Wildman–Crippen LogP) is 2.55. The molecule has 0 aliphatic rings. The maximum absolute atomic E-state index is 13.5. The minimum atomic E-state index is -0.314. The lowest BCUT2D eigenvalue weighted by Gasteiger charge is -2.09. The average Bonchev–Trinajstić information content (AvgIpc) is 2.75.